The average Bonchev–Trinajstić information content (AvgIpc) is 2.28. The van der Waals surface area contributed by atoms with Crippen LogP contribution in [0.4, 0.5) is 4.39 Å². The molecule has 2 rings (SSSR count). The number of benzene rings is 2. The molecule has 2 aromatic rings. The Balaban J connectivity index is 2.60. The molecule has 1 heteroatoms. The fraction of sp³-hybridized carbons (Fsp3) is 0.250. The quantitative estimate of drug-likeness (QED) is 0.658. The number of hydrogen-bond acceptors (Lipinski definition) is 0. The molecule has 0 aliphatic carbocycles. The van der Waals surface area contributed by atoms with Crippen LogP contribution < -0.4 is 0 Å². The Labute approximate surface area is 102 Å². The van der Waals surface area contributed by atoms with Gasteiger partial charge in [0.2, 0.25) is 0 Å². The van der Waals surface area contributed by atoms with Gasteiger partial charge in [0.25, 0.3) is 0 Å². The van der Waals surface area contributed by atoms with Crippen LogP contribution in [0.25, 0.3) is 11.1 Å². The van der Waals surface area contributed by atoms with E-state index in [-0.39, 0.29) is 11.2 Å². The minimum absolute atomic E-state index is 0.0584. The fourth-order valence-corrected chi connectivity index (χ4v) is 2.04. The second kappa shape index (κ2) is 4.33. The summed E-state index contributed by atoms with van der Waals surface area (Å²) in [5.74, 6) is -0.189. The normalized spacial score (nSPS) is 11.5. The van der Waals surface area contributed by atoms with E-state index in [2.05, 4.69) is 32.9 Å². The number of hydrogen-bond donors (Lipinski definition) is 0. The Morgan fingerprint density at radius 2 is 1.59 bits per heavy atom. The third-order valence-electron chi connectivity index (χ3n) is 2.87. The van der Waals surface area contributed by atoms with E-state index >= 15 is 0 Å². The number of rotatable bonds is 1. The summed E-state index contributed by atoms with van der Waals surface area (Å²) < 4.78 is 13.3. The van der Waals surface area contributed by atoms with Gasteiger partial charge in [-0.3, -0.25) is 0 Å². The van der Waals surface area contributed by atoms with Crippen molar-refractivity contribution in [3.8, 4) is 11.1 Å². The topological polar surface area (TPSA) is 0 Å². The summed E-state index contributed by atoms with van der Waals surface area (Å²) in [6.45, 7) is 6.52. The summed E-state index contributed by atoms with van der Waals surface area (Å²) in [5, 5.41) is 0. The standard InChI is InChI=1S/C16H17F/c1-16(2,3)15-10-5-4-9-14(15)12-7-6-8-13(17)11-12/h4-11H,1-3H3. The van der Waals surface area contributed by atoms with Gasteiger partial charge in [-0.1, -0.05) is 57.2 Å². The van der Waals surface area contributed by atoms with Gasteiger partial charge in [0, 0.05) is 0 Å². The summed E-state index contributed by atoms with van der Waals surface area (Å²) in [6.07, 6.45) is 0. The van der Waals surface area contributed by atoms with E-state index < -0.39 is 0 Å². The molecule has 0 atom stereocenters. The van der Waals surface area contributed by atoms with Crippen LogP contribution in [-0.2, 0) is 5.41 Å². The van der Waals surface area contributed by atoms with Crippen LogP contribution in [-0.4, -0.2) is 0 Å². The van der Waals surface area contributed by atoms with E-state index in [1.54, 1.807) is 12.1 Å². The molecule has 0 spiro atoms. The van der Waals surface area contributed by atoms with Gasteiger partial charge in [0.05, 0.1) is 0 Å². The van der Waals surface area contributed by atoms with Crippen molar-refractivity contribution in [3.63, 3.8) is 0 Å². The molecule has 0 saturated carbocycles. The Hall–Kier alpha value is -1.63. The van der Waals surface area contributed by atoms with Crippen molar-refractivity contribution >= 4 is 0 Å². The molecule has 0 aromatic heterocycles. The van der Waals surface area contributed by atoms with Crippen LogP contribution in [0.15, 0.2) is 48.5 Å². The first-order valence-electron chi connectivity index (χ1n) is 5.84. The lowest BCUT2D eigenvalue weighted by Crippen LogP contribution is -2.12. The van der Waals surface area contributed by atoms with Gasteiger partial charge in [-0.25, -0.2) is 4.39 Å². The van der Waals surface area contributed by atoms with Gasteiger partial charge >= 0.3 is 0 Å². The molecule has 0 N–H and O–H groups in total. The molecule has 0 nitrogen and oxygen atoms in total. The van der Waals surface area contributed by atoms with Crippen LogP contribution in [0.1, 0.15) is 26.3 Å². The molecule has 0 saturated heterocycles. The van der Waals surface area contributed by atoms with E-state index in [4.69, 9.17) is 0 Å². The average molecular weight is 228 g/mol. The van der Waals surface area contributed by atoms with Gasteiger partial charge in [-0.15, -0.1) is 0 Å². The molecule has 2 aromatic carbocycles. The largest absolute Gasteiger partial charge is 0.207 e. The molecule has 0 bridgehead atoms. The van der Waals surface area contributed by atoms with Crippen molar-refractivity contribution < 1.29 is 4.39 Å². The van der Waals surface area contributed by atoms with Gasteiger partial charge in [0.15, 0.2) is 0 Å². The molecule has 0 heterocycles. The highest BCUT2D eigenvalue weighted by Gasteiger charge is 2.18. The summed E-state index contributed by atoms with van der Waals surface area (Å²) in [7, 11) is 0. The summed E-state index contributed by atoms with van der Waals surface area (Å²) >= 11 is 0. The molecule has 0 aliphatic rings. The molecular formula is C16H17F. The second-order valence-electron chi connectivity index (χ2n) is 5.31. The summed E-state index contributed by atoms with van der Waals surface area (Å²) in [6, 6.07) is 15.0. The summed E-state index contributed by atoms with van der Waals surface area (Å²) in [4.78, 5) is 0. The van der Waals surface area contributed by atoms with Crippen LogP contribution in [0.5, 0.6) is 0 Å². The van der Waals surface area contributed by atoms with E-state index in [9.17, 15) is 4.39 Å². The van der Waals surface area contributed by atoms with Crippen molar-refractivity contribution in [1.29, 1.82) is 0 Å². The first-order chi connectivity index (χ1) is 7.98. The van der Waals surface area contributed by atoms with E-state index in [0.717, 1.165) is 11.1 Å². The Bertz CT molecular complexity index is 521. The zero-order valence-electron chi connectivity index (χ0n) is 10.5. The first-order valence-corrected chi connectivity index (χ1v) is 5.84. The molecule has 17 heavy (non-hydrogen) atoms. The molecule has 0 aliphatic heterocycles. The lowest BCUT2D eigenvalue weighted by Gasteiger charge is -2.23. The molecule has 88 valence electrons. The van der Waals surface area contributed by atoms with Gasteiger partial charge in [-0.2, -0.15) is 0 Å². The van der Waals surface area contributed by atoms with Gasteiger partial charge < -0.3 is 0 Å². The first kappa shape index (κ1) is 11.8. The van der Waals surface area contributed by atoms with Gasteiger partial charge in [0.1, 0.15) is 5.82 Å². The van der Waals surface area contributed by atoms with E-state index in [1.807, 2.05) is 18.2 Å². The zero-order chi connectivity index (χ0) is 12.5. The maximum absolute atomic E-state index is 13.3. The highest BCUT2D eigenvalue weighted by molar-refractivity contribution is 5.68. The Kier molecular flexibility index (Phi) is 3.01. The molecule has 0 fully saturated rings. The van der Waals surface area contributed by atoms with E-state index in [1.165, 1.54) is 11.6 Å². The van der Waals surface area contributed by atoms with Crippen molar-refractivity contribution in [2.75, 3.05) is 0 Å². The SMILES string of the molecule is CC(C)(C)c1ccccc1-c1cccc(F)c1. The van der Waals surface area contributed by atoms with Crippen LogP contribution in [0.3, 0.4) is 0 Å². The van der Waals surface area contributed by atoms with Crippen LogP contribution in [0, 0.1) is 5.82 Å². The van der Waals surface area contributed by atoms with Gasteiger partial charge in [-0.05, 0) is 34.2 Å². The summed E-state index contributed by atoms with van der Waals surface area (Å²) in [5.41, 5.74) is 3.35. The number of halogens is 1. The maximum atomic E-state index is 13.3. The Morgan fingerprint density at radius 3 is 2.24 bits per heavy atom. The molecule has 0 unspecified atom stereocenters. The zero-order valence-corrected chi connectivity index (χ0v) is 10.5. The second-order valence-corrected chi connectivity index (χ2v) is 5.31. The van der Waals surface area contributed by atoms with E-state index in [0.29, 0.717) is 0 Å². The predicted molar refractivity (Wildman–Crippen MR) is 70.5 cm³/mol. The monoisotopic (exact) mass is 228 g/mol. The highest BCUT2D eigenvalue weighted by Crippen LogP contribution is 2.32. The lowest BCUT2D eigenvalue weighted by atomic mass is 9.82. The molecule has 0 amide bonds. The minimum atomic E-state index is -0.189. The molecular weight excluding hydrogens is 211 g/mol. The lowest BCUT2D eigenvalue weighted by molar-refractivity contribution is 0.591. The Morgan fingerprint density at radius 1 is 0.882 bits per heavy atom. The van der Waals surface area contributed by atoms with Crippen LogP contribution >= 0.6 is 0 Å². The molecule has 0 radical (unpaired) electrons. The fourth-order valence-electron chi connectivity index (χ4n) is 2.04. The van der Waals surface area contributed by atoms with Crippen LogP contribution in [0.2, 0.25) is 0 Å². The third-order valence-corrected chi connectivity index (χ3v) is 2.87. The predicted octanol–water partition coefficient (Wildman–Crippen LogP) is 4.79. The maximum Gasteiger partial charge on any atom is 0.123 e. The highest BCUT2D eigenvalue weighted by atomic mass is 19.1. The van der Waals surface area contributed by atoms with Crippen molar-refractivity contribution in [3.05, 3.63) is 59.9 Å². The minimum Gasteiger partial charge on any atom is -0.207 e. The smallest absolute Gasteiger partial charge is 0.123 e. The van der Waals surface area contributed by atoms with Crippen molar-refractivity contribution in [2.24, 2.45) is 0 Å². The van der Waals surface area contributed by atoms with Crippen molar-refractivity contribution in [2.45, 2.75) is 26.2 Å². The van der Waals surface area contributed by atoms with Crippen molar-refractivity contribution in [1.82, 2.24) is 0 Å². The third kappa shape index (κ3) is 2.55.